The van der Waals surface area contributed by atoms with E-state index in [0.29, 0.717) is 12.8 Å². The molecule has 0 aromatic heterocycles. The van der Waals surface area contributed by atoms with E-state index in [4.69, 9.17) is 30.5 Å². The number of carbonyl (C=O) groups is 3. The van der Waals surface area contributed by atoms with Crippen LogP contribution in [-0.4, -0.2) is 78.1 Å². The van der Waals surface area contributed by atoms with E-state index in [1.165, 1.54) is 20.1 Å². The Morgan fingerprint density at radius 1 is 1.18 bits per heavy atom. The number of aliphatic hydroxyl groups is 1. The van der Waals surface area contributed by atoms with Crippen LogP contribution in [0.3, 0.4) is 0 Å². The molecule has 0 spiro atoms. The van der Waals surface area contributed by atoms with Gasteiger partial charge in [0.2, 0.25) is 5.91 Å². The van der Waals surface area contributed by atoms with Crippen LogP contribution >= 0.6 is 11.6 Å². The molecule has 220 valence electrons. The quantitative estimate of drug-likeness (QED) is 0.167. The highest BCUT2D eigenvalue weighted by Gasteiger charge is 2.39. The number of alkyl halides is 1. The maximum absolute atomic E-state index is 12.3. The molecule has 39 heavy (non-hydrogen) atoms. The van der Waals surface area contributed by atoms with Gasteiger partial charge in [0.15, 0.2) is 0 Å². The minimum atomic E-state index is -1.10. The molecule has 0 saturated carbocycles. The molecule has 0 aliphatic carbocycles. The highest BCUT2D eigenvalue weighted by atomic mass is 35.5. The van der Waals surface area contributed by atoms with Crippen molar-refractivity contribution in [2.24, 2.45) is 5.92 Å². The lowest BCUT2D eigenvalue weighted by molar-refractivity contribution is -0.153. The Morgan fingerprint density at radius 3 is 2.54 bits per heavy atom. The molecule has 1 amide bonds. The Morgan fingerprint density at radius 2 is 1.90 bits per heavy atom. The van der Waals surface area contributed by atoms with Crippen LogP contribution in [0, 0.1) is 5.92 Å². The van der Waals surface area contributed by atoms with Crippen molar-refractivity contribution in [2.45, 2.75) is 109 Å². The van der Waals surface area contributed by atoms with Gasteiger partial charge in [-0.05, 0) is 45.6 Å². The van der Waals surface area contributed by atoms with Crippen LogP contribution in [0.2, 0.25) is 0 Å². The second-order valence-corrected chi connectivity index (χ2v) is 11.0. The predicted molar refractivity (Wildman–Crippen MR) is 148 cm³/mol. The van der Waals surface area contributed by atoms with Gasteiger partial charge in [-0.25, -0.2) is 0 Å². The molecule has 2 fully saturated rings. The van der Waals surface area contributed by atoms with Crippen molar-refractivity contribution in [1.82, 2.24) is 5.32 Å². The zero-order chi connectivity index (χ0) is 29.2. The van der Waals surface area contributed by atoms with E-state index in [9.17, 15) is 19.5 Å². The van der Waals surface area contributed by atoms with Gasteiger partial charge in [-0.2, -0.15) is 0 Å². The largest absolute Gasteiger partial charge is 0.469 e. The molecule has 2 aliphatic heterocycles. The lowest BCUT2D eigenvalue weighted by Gasteiger charge is -2.39. The zero-order valence-electron chi connectivity index (χ0n) is 23.9. The third-order valence-corrected chi connectivity index (χ3v) is 7.58. The van der Waals surface area contributed by atoms with Crippen molar-refractivity contribution in [3.8, 4) is 0 Å². The average Bonchev–Trinajstić information content (AvgIpc) is 2.86. The molecule has 2 saturated heterocycles. The Labute approximate surface area is 236 Å². The number of hydrogen-bond acceptors (Lipinski definition) is 8. The average molecular weight is 570 g/mol. The fourth-order valence-electron chi connectivity index (χ4n) is 4.93. The maximum Gasteiger partial charge on any atom is 0.308 e. The highest BCUT2D eigenvalue weighted by molar-refractivity contribution is 6.18. The molecule has 7 unspecified atom stereocenters. The van der Waals surface area contributed by atoms with E-state index in [0.717, 1.165) is 12.0 Å². The summed E-state index contributed by atoms with van der Waals surface area (Å²) in [6, 6.07) is -0.121. The lowest BCUT2D eigenvalue weighted by Crippen LogP contribution is -2.50. The van der Waals surface area contributed by atoms with Crippen molar-refractivity contribution >= 4 is 29.4 Å². The first-order valence-electron chi connectivity index (χ1n) is 13.5. The predicted octanol–water partition coefficient (Wildman–Crippen LogP) is 3.77. The second kappa shape index (κ2) is 15.6. The summed E-state index contributed by atoms with van der Waals surface area (Å²) in [6.45, 7) is 9.07. The number of methoxy groups -OCH3 is 1. The fraction of sp³-hybridized carbons (Fsp3) is 0.690. The van der Waals surface area contributed by atoms with Gasteiger partial charge in [0.05, 0.1) is 55.5 Å². The summed E-state index contributed by atoms with van der Waals surface area (Å²) in [7, 11) is 1.33. The Hall–Kier alpha value is -2.20. The van der Waals surface area contributed by atoms with Gasteiger partial charge in [-0.1, -0.05) is 30.7 Å². The van der Waals surface area contributed by atoms with Crippen molar-refractivity contribution in [2.75, 3.05) is 13.0 Å². The van der Waals surface area contributed by atoms with Crippen molar-refractivity contribution < 1.29 is 38.4 Å². The Bertz CT molecular complexity index is 934. The number of hydrogen-bond donors (Lipinski definition) is 2. The van der Waals surface area contributed by atoms with Gasteiger partial charge < -0.3 is 29.4 Å². The minimum absolute atomic E-state index is 0.00717. The van der Waals surface area contributed by atoms with Crippen LogP contribution in [0.1, 0.15) is 66.7 Å². The first-order valence-corrected chi connectivity index (χ1v) is 14.0. The first kappa shape index (κ1) is 33.0. The molecule has 0 aromatic rings. The molecule has 10 heteroatoms. The lowest BCUT2D eigenvalue weighted by atomic mass is 9.87. The van der Waals surface area contributed by atoms with Gasteiger partial charge in [0, 0.05) is 25.8 Å². The molecule has 0 radical (unpaired) electrons. The van der Waals surface area contributed by atoms with E-state index >= 15 is 0 Å². The molecule has 2 heterocycles. The number of amides is 1. The first-order chi connectivity index (χ1) is 18.3. The molecular weight excluding hydrogens is 526 g/mol. The highest BCUT2D eigenvalue weighted by Crippen LogP contribution is 2.33. The second-order valence-electron chi connectivity index (χ2n) is 10.8. The van der Waals surface area contributed by atoms with Crippen molar-refractivity contribution in [3.63, 3.8) is 0 Å². The number of halogens is 1. The Balaban J connectivity index is 1.89. The molecular formula is C29H44ClNO8. The topological polar surface area (TPSA) is 120 Å². The molecule has 0 aromatic carbocycles. The maximum atomic E-state index is 12.3. The van der Waals surface area contributed by atoms with Gasteiger partial charge >= 0.3 is 11.9 Å². The van der Waals surface area contributed by atoms with Crippen LogP contribution in [0.15, 0.2) is 36.0 Å². The molecule has 0 bridgehead atoms. The summed E-state index contributed by atoms with van der Waals surface area (Å²) in [5, 5.41) is 13.8. The summed E-state index contributed by atoms with van der Waals surface area (Å²) in [5.41, 5.74) is -0.0800. The minimum Gasteiger partial charge on any atom is -0.469 e. The molecule has 2 rings (SSSR count). The van der Waals surface area contributed by atoms with Crippen LogP contribution in [0.5, 0.6) is 0 Å². The molecule has 9 nitrogen and oxygen atoms in total. The van der Waals surface area contributed by atoms with E-state index in [1.54, 1.807) is 13.0 Å². The van der Waals surface area contributed by atoms with Crippen molar-refractivity contribution in [3.05, 3.63) is 36.0 Å². The normalized spacial score (nSPS) is 32.7. The van der Waals surface area contributed by atoms with E-state index in [1.807, 2.05) is 26.0 Å². The molecule has 2 N–H and O–H groups in total. The SMILES string of the molecule is COC(=O)C[C@@H]1CC(O)(CCl)CC(/C=C/C(C)=C/CC2OC(C)C(NC(=O)/C=C\C(C)OC(C)=O)CC2C)O1. The number of allylic oxidation sites excluding steroid dienone is 2. The van der Waals surface area contributed by atoms with Crippen LogP contribution < -0.4 is 5.32 Å². The number of carbonyl (C=O) groups excluding carboxylic acids is 3. The van der Waals surface area contributed by atoms with E-state index in [2.05, 4.69) is 18.3 Å². The summed E-state index contributed by atoms with van der Waals surface area (Å²) in [6.07, 6.45) is 9.60. The number of nitrogens with one attached hydrogen (secondary N) is 1. The number of esters is 2. The smallest absolute Gasteiger partial charge is 0.308 e. The third kappa shape index (κ3) is 11.4. The van der Waals surface area contributed by atoms with E-state index in [-0.39, 0.29) is 60.9 Å². The standard InChI is InChI=1S/C29H44ClNO8/c1-18(7-10-23-15-29(35,17-30)16-24(39-23)14-28(34)36-6)8-11-26-19(2)13-25(21(4)38-26)31-27(33)12-9-20(3)37-22(5)32/h7-10,12,19-21,23-26,35H,11,13-17H2,1-6H3,(H,31,33)/b10-7+,12-9-,18-8+/t19?,20?,21?,23?,24-,25?,26?,29?/m1/s1. The van der Waals surface area contributed by atoms with Crippen LogP contribution in [-0.2, 0) is 33.3 Å². The van der Waals surface area contributed by atoms with E-state index < -0.39 is 23.8 Å². The monoisotopic (exact) mass is 569 g/mol. The third-order valence-electron chi connectivity index (χ3n) is 7.09. The van der Waals surface area contributed by atoms with Gasteiger partial charge in [-0.15, -0.1) is 11.6 Å². The summed E-state index contributed by atoms with van der Waals surface area (Å²) in [5.74, 6) is -0.746. The number of ether oxygens (including phenoxy) is 4. The molecule has 2 aliphatic rings. The summed E-state index contributed by atoms with van der Waals surface area (Å²) in [4.78, 5) is 35.0. The van der Waals surface area contributed by atoms with Crippen LogP contribution in [0.25, 0.3) is 0 Å². The van der Waals surface area contributed by atoms with Gasteiger partial charge in [0.25, 0.3) is 0 Å². The fourth-order valence-corrected chi connectivity index (χ4v) is 5.15. The summed E-state index contributed by atoms with van der Waals surface area (Å²) >= 11 is 6.02. The molecule has 8 atom stereocenters. The number of rotatable bonds is 11. The Kier molecular flexibility index (Phi) is 13.2. The summed E-state index contributed by atoms with van der Waals surface area (Å²) < 4.78 is 22.0. The van der Waals surface area contributed by atoms with Crippen LogP contribution in [0.4, 0.5) is 0 Å². The van der Waals surface area contributed by atoms with Crippen molar-refractivity contribution in [1.29, 1.82) is 0 Å². The van der Waals surface area contributed by atoms with Gasteiger partial charge in [-0.3, -0.25) is 14.4 Å². The van der Waals surface area contributed by atoms with Gasteiger partial charge in [0.1, 0.15) is 6.10 Å². The zero-order valence-corrected chi connectivity index (χ0v) is 24.6.